The van der Waals surface area contributed by atoms with E-state index in [9.17, 15) is 0 Å². The van der Waals surface area contributed by atoms with Gasteiger partial charge in [-0.15, -0.1) is 68.1 Å². The number of fused-ring (bicyclic) bond motifs is 2. The molecule has 4 aromatic carbocycles. The van der Waals surface area contributed by atoms with Gasteiger partial charge in [-0.25, -0.2) is 0 Å². The Hall–Kier alpha value is -0.660. The Morgan fingerprint density at radius 1 is 0.676 bits per heavy atom. The van der Waals surface area contributed by atoms with Crippen molar-refractivity contribution in [1.29, 1.82) is 0 Å². The molecule has 0 saturated heterocycles. The molecule has 0 amide bonds. The molecule has 4 heteroatoms. The van der Waals surface area contributed by atoms with E-state index < -0.39 is 20.8 Å². The molecule has 4 rings (SSSR count). The summed E-state index contributed by atoms with van der Waals surface area (Å²) in [5.41, 5.74) is 8.46. The summed E-state index contributed by atoms with van der Waals surface area (Å²) in [7, 11) is 11.0. The van der Waals surface area contributed by atoms with E-state index in [0.29, 0.717) is 11.8 Å². The molecule has 182 valence electrons. The van der Waals surface area contributed by atoms with Crippen LogP contribution in [-0.4, -0.2) is 9.52 Å². The van der Waals surface area contributed by atoms with Gasteiger partial charge in [-0.1, -0.05) is 91.7 Å². The molecule has 0 bridgehead atoms. The van der Waals surface area contributed by atoms with E-state index in [1.807, 2.05) is 0 Å². The molecule has 0 spiro atoms. The van der Waals surface area contributed by atoms with Gasteiger partial charge in [0.2, 0.25) is 0 Å². The molecule has 0 atom stereocenters. The molecular formula is C30H40Cl2SiZr. The van der Waals surface area contributed by atoms with Crippen LogP contribution in [0.4, 0.5) is 0 Å². The van der Waals surface area contributed by atoms with Crippen molar-refractivity contribution in [3.63, 3.8) is 0 Å². The van der Waals surface area contributed by atoms with Crippen LogP contribution in [0.15, 0.2) is 48.5 Å². The van der Waals surface area contributed by atoms with Crippen LogP contribution in [0.1, 0.15) is 72.9 Å². The molecule has 0 aliphatic carbocycles. The van der Waals surface area contributed by atoms with E-state index in [4.69, 9.17) is 17.0 Å². The van der Waals surface area contributed by atoms with Gasteiger partial charge in [0.05, 0.1) is 0 Å². The predicted molar refractivity (Wildman–Crippen MR) is 155 cm³/mol. The summed E-state index contributed by atoms with van der Waals surface area (Å²) in [6, 6.07) is 18.2. The minimum absolute atomic E-state index is 0.611. The van der Waals surface area contributed by atoms with Gasteiger partial charge < -0.3 is 0 Å². The van der Waals surface area contributed by atoms with Crippen LogP contribution in [0.2, 0.25) is 13.1 Å². The molecule has 0 fully saturated rings. The third kappa shape index (κ3) is 8.77. The van der Waals surface area contributed by atoms with Crippen molar-refractivity contribution in [3.05, 3.63) is 81.9 Å². The Morgan fingerprint density at radius 3 is 1.24 bits per heavy atom. The number of rotatable bonds is 2. The SMILES string of the molecule is C[Si]C.Cc1cc2c(C(C)C)ccc(C)c2[cH-]1.Cc1cc2c(C(C)C)ccc(C)c2[cH-]1.[Cl][Zr+2][Cl]. The molecule has 2 radical (unpaired) electrons. The molecule has 4 aromatic rings. The zero-order chi connectivity index (χ0) is 26.0. The van der Waals surface area contributed by atoms with E-state index in [2.05, 4.69) is 117 Å². The van der Waals surface area contributed by atoms with Crippen LogP contribution in [0.3, 0.4) is 0 Å². The normalized spacial score (nSPS) is 10.3. The fraction of sp³-hybridized carbons (Fsp3) is 0.400. The van der Waals surface area contributed by atoms with Gasteiger partial charge in [-0.3, -0.25) is 0 Å². The van der Waals surface area contributed by atoms with Crippen LogP contribution in [-0.2, 0) is 20.8 Å². The fourth-order valence-corrected chi connectivity index (χ4v) is 4.23. The first-order chi connectivity index (χ1) is 16.0. The maximum atomic E-state index is 4.93. The van der Waals surface area contributed by atoms with Crippen molar-refractivity contribution >= 4 is 48.1 Å². The fourth-order valence-electron chi connectivity index (χ4n) is 4.23. The van der Waals surface area contributed by atoms with Crippen LogP contribution in [0, 0.1) is 27.7 Å². The average molecular weight is 591 g/mol. The zero-order valence-corrected chi connectivity index (χ0v) is 27.5. The van der Waals surface area contributed by atoms with Gasteiger partial charge in [0, 0.05) is 9.52 Å². The Morgan fingerprint density at radius 2 is 0.971 bits per heavy atom. The maximum absolute atomic E-state index is 4.93. The second-order valence-corrected chi connectivity index (χ2v) is 14.3. The average Bonchev–Trinajstić information content (AvgIpc) is 3.33. The molecule has 0 aromatic heterocycles. The Kier molecular flexibility index (Phi) is 14.3. The van der Waals surface area contributed by atoms with Gasteiger partial charge in [-0.2, -0.15) is 12.1 Å². The summed E-state index contributed by atoms with van der Waals surface area (Å²) in [5.74, 6) is 1.22. The molecule has 0 unspecified atom stereocenters. The van der Waals surface area contributed by atoms with Crippen molar-refractivity contribution < 1.29 is 20.8 Å². The topological polar surface area (TPSA) is 0 Å². The minimum atomic E-state index is -0.826. The Balaban J connectivity index is 0.000000277. The van der Waals surface area contributed by atoms with Crippen LogP contribution >= 0.6 is 17.0 Å². The standard InChI is InChI=1S/2C14H17.C2H6Si.2ClH.Zr/c2*1-9(2)12-6-5-11(4)13-7-10(3)8-14(12)13;1-3-2;;;/h2*5-9H,1-4H3;1-2H3;2*1H;/q2*-1;;;;+4/p-2. The van der Waals surface area contributed by atoms with Crippen molar-refractivity contribution in [2.45, 2.75) is 80.3 Å². The van der Waals surface area contributed by atoms with E-state index in [1.54, 1.807) is 0 Å². The first-order valence-electron chi connectivity index (χ1n) is 11.9. The zero-order valence-electron chi connectivity index (χ0n) is 22.5. The Labute approximate surface area is 229 Å². The molecule has 0 aliphatic rings. The second kappa shape index (κ2) is 15.5. The second-order valence-electron chi connectivity index (χ2n) is 9.54. The van der Waals surface area contributed by atoms with Gasteiger partial charge in [0.25, 0.3) is 0 Å². The predicted octanol–water partition coefficient (Wildman–Crippen LogP) is 10.8. The molecular weight excluding hydrogens is 551 g/mol. The van der Waals surface area contributed by atoms with Crippen molar-refractivity contribution in [1.82, 2.24) is 0 Å². The molecule has 0 saturated carbocycles. The molecule has 0 aliphatic heterocycles. The van der Waals surface area contributed by atoms with Crippen LogP contribution in [0.5, 0.6) is 0 Å². The number of benzene rings is 2. The number of hydrogen-bond donors (Lipinski definition) is 0. The van der Waals surface area contributed by atoms with Gasteiger partial charge in [0.15, 0.2) is 0 Å². The summed E-state index contributed by atoms with van der Waals surface area (Å²) in [6.07, 6.45) is 0. The van der Waals surface area contributed by atoms with Crippen molar-refractivity contribution in [2.24, 2.45) is 0 Å². The van der Waals surface area contributed by atoms with E-state index in [1.165, 1.54) is 54.9 Å². The number of halogens is 2. The van der Waals surface area contributed by atoms with E-state index in [0.717, 1.165) is 9.52 Å². The van der Waals surface area contributed by atoms with Gasteiger partial charge in [-0.05, 0) is 11.8 Å². The molecule has 0 N–H and O–H groups in total. The summed E-state index contributed by atoms with van der Waals surface area (Å²) < 4.78 is 0. The summed E-state index contributed by atoms with van der Waals surface area (Å²) >= 11 is -0.826. The Bertz CT molecular complexity index is 1060. The summed E-state index contributed by atoms with van der Waals surface area (Å²) in [5, 5.41) is 5.73. The van der Waals surface area contributed by atoms with Gasteiger partial charge in [0.1, 0.15) is 0 Å². The first-order valence-corrected chi connectivity index (χ1v) is 20.2. The molecule has 0 heterocycles. The van der Waals surface area contributed by atoms with Crippen LogP contribution in [0.25, 0.3) is 21.5 Å². The number of hydrogen-bond acceptors (Lipinski definition) is 0. The van der Waals surface area contributed by atoms with E-state index in [-0.39, 0.29) is 0 Å². The third-order valence-electron chi connectivity index (χ3n) is 5.81. The first kappa shape index (κ1) is 31.4. The van der Waals surface area contributed by atoms with Crippen molar-refractivity contribution in [2.75, 3.05) is 0 Å². The van der Waals surface area contributed by atoms with E-state index >= 15 is 0 Å². The third-order valence-corrected chi connectivity index (χ3v) is 5.81. The molecule has 34 heavy (non-hydrogen) atoms. The molecule has 0 nitrogen and oxygen atoms in total. The van der Waals surface area contributed by atoms with Gasteiger partial charge >= 0.3 is 37.9 Å². The number of aryl methyl sites for hydroxylation is 4. The summed E-state index contributed by atoms with van der Waals surface area (Å²) in [4.78, 5) is 0. The summed E-state index contributed by atoms with van der Waals surface area (Å²) in [6.45, 7) is 22.0. The quantitative estimate of drug-likeness (QED) is 0.161. The van der Waals surface area contributed by atoms with Crippen LogP contribution < -0.4 is 0 Å². The van der Waals surface area contributed by atoms with Crippen molar-refractivity contribution in [3.8, 4) is 0 Å². The monoisotopic (exact) mass is 588 g/mol.